The van der Waals surface area contributed by atoms with Gasteiger partial charge in [0, 0.05) is 18.4 Å². The first-order valence-electron chi connectivity index (χ1n) is 9.18. The van der Waals surface area contributed by atoms with Gasteiger partial charge in [0.05, 0.1) is 6.04 Å². The Kier molecular flexibility index (Phi) is 4.01. The van der Waals surface area contributed by atoms with Crippen LogP contribution in [0.3, 0.4) is 0 Å². The molecule has 1 spiro atoms. The molecule has 0 aromatic carbocycles. The van der Waals surface area contributed by atoms with E-state index in [-0.39, 0.29) is 24.4 Å². The summed E-state index contributed by atoms with van der Waals surface area (Å²) in [5, 5.41) is 2.86. The van der Waals surface area contributed by atoms with Crippen molar-refractivity contribution in [3.8, 4) is 0 Å². The summed E-state index contributed by atoms with van der Waals surface area (Å²) in [6, 6.07) is 3.48. The van der Waals surface area contributed by atoms with E-state index < -0.39 is 11.6 Å². The lowest BCUT2D eigenvalue weighted by molar-refractivity contribution is -0.140. The van der Waals surface area contributed by atoms with Crippen LogP contribution in [-0.4, -0.2) is 51.3 Å². The molecular formula is C18H24N4O3. The first-order valence-corrected chi connectivity index (χ1v) is 9.18. The molecule has 134 valence electrons. The highest BCUT2D eigenvalue weighted by molar-refractivity contribution is 6.09. The second-order valence-electron chi connectivity index (χ2n) is 7.33. The van der Waals surface area contributed by atoms with Gasteiger partial charge in [-0.1, -0.05) is 19.3 Å². The monoisotopic (exact) mass is 344 g/mol. The molecule has 1 aromatic heterocycles. The molecule has 2 N–H and O–H groups in total. The molecule has 7 nitrogen and oxygen atoms in total. The van der Waals surface area contributed by atoms with E-state index in [1.807, 2.05) is 18.3 Å². The number of aromatic nitrogens is 1. The zero-order chi connectivity index (χ0) is 17.4. The van der Waals surface area contributed by atoms with E-state index in [4.69, 9.17) is 0 Å². The summed E-state index contributed by atoms with van der Waals surface area (Å²) >= 11 is 0. The summed E-state index contributed by atoms with van der Waals surface area (Å²) in [5.74, 6) is -0.380. The fourth-order valence-electron chi connectivity index (χ4n) is 4.48. The van der Waals surface area contributed by atoms with Crippen molar-refractivity contribution in [3.63, 3.8) is 0 Å². The molecule has 7 heteroatoms. The number of carbonyl (C=O) groups is 3. The molecule has 1 aliphatic carbocycles. The van der Waals surface area contributed by atoms with E-state index in [1.54, 1.807) is 4.90 Å². The third-order valence-corrected chi connectivity index (χ3v) is 5.80. The number of carbonyl (C=O) groups excluding carboxylic acids is 3. The van der Waals surface area contributed by atoms with Gasteiger partial charge in [0.15, 0.2) is 0 Å². The van der Waals surface area contributed by atoms with E-state index in [2.05, 4.69) is 10.3 Å². The molecule has 2 aliphatic heterocycles. The number of imide groups is 1. The van der Waals surface area contributed by atoms with Gasteiger partial charge in [0.2, 0.25) is 5.91 Å². The number of nitrogens with one attached hydrogen (secondary N) is 2. The van der Waals surface area contributed by atoms with Crippen molar-refractivity contribution in [1.29, 1.82) is 0 Å². The molecule has 0 unspecified atom stereocenters. The quantitative estimate of drug-likeness (QED) is 0.822. The third-order valence-electron chi connectivity index (χ3n) is 5.80. The van der Waals surface area contributed by atoms with Gasteiger partial charge in [-0.2, -0.15) is 0 Å². The van der Waals surface area contributed by atoms with Crippen LogP contribution in [0.5, 0.6) is 0 Å². The molecule has 25 heavy (non-hydrogen) atoms. The van der Waals surface area contributed by atoms with Gasteiger partial charge in [-0.15, -0.1) is 0 Å². The number of hydrogen-bond donors (Lipinski definition) is 2. The molecule has 4 rings (SSSR count). The van der Waals surface area contributed by atoms with Crippen molar-refractivity contribution in [2.24, 2.45) is 0 Å². The fraction of sp³-hybridized carbons (Fsp3) is 0.611. The number of amides is 4. The lowest BCUT2D eigenvalue weighted by Gasteiger charge is -2.30. The first kappa shape index (κ1) is 16.2. The van der Waals surface area contributed by atoms with Crippen LogP contribution in [-0.2, 0) is 9.59 Å². The van der Waals surface area contributed by atoms with Gasteiger partial charge in [-0.3, -0.25) is 14.5 Å². The van der Waals surface area contributed by atoms with Gasteiger partial charge in [0.1, 0.15) is 12.1 Å². The zero-order valence-electron chi connectivity index (χ0n) is 14.3. The smallest absolute Gasteiger partial charge is 0.325 e. The van der Waals surface area contributed by atoms with Gasteiger partial charge in [0.25, 0.3) is 5.91 Å². The molecule has 1 aromatic rings. The largest absolute Gasteiger partial charge is 0.363 e. The van der Waals surface area contributed by atoms with Crippen molar-refractivity contribution in [1.82, 2.24) is 20.1 Å². The molecule has 3 aliphatic rings. The summed E-state index contributed by atoms with van der Waals surface area (Å²) < 4.78 is 0. The van der Waals surface area contributed by atoms with Crippen molar-refractivity contribution in [2.45, 2.75) is 56.5 Å². The maximum atomic E-state index is 12.8. The Morgan fingerprint density at radius 2 is 2.00 bits per heavy atom. The van der Waals surface area contributed by atoms with E-state index in [0.29, 0.717) is 19.4 Å². The fourth-order valence-corrected chi connectivity index (χ4v) is 4.48. The molecule has 1 atom stereocenters. The van der Waals surface area contributed by atoms with Gasteiger partial charge in [-0.05, 0) is 37.8 Å². The molecule has 1 saturated carbocycles. The molecule has 0 radical (unpaired) electrons. The van der Waals surface area contributed by atoms with Crippen LogP contribution in [0.2, 0.25) is 0 Å². The molecule has 2 saturated heterocycles. The number of likely N-dealkylation sites (tertiary alicyclic amines) is 1. The third kappa shape index (κ3) is 2.71. The van der Waals surface area contributed by atoms with Crippen molar-refractivity contribution >= 4 is 17.8 Å². The summed E-state index contributed by atoms with van der Waals surface area (Å²) in [6.07, 6.45) is 8.00. The molecule has 3 heterocycles. The normalized spacial score (nSPS) is 25.7. The Labute approximate surface area is 146 Å². The van der Waals surface area contributed by atoms with Gasteiger partial charge in [-0.25, -0.2) is 4.79 Å². The summed E-state index contributed by atoms with van der Waals surface area (Å²) in [4.78, 5) is 44.0. The SMILES string of the molecule is O=C1NC2(CCCCC2)C(=O)N1CC(=O)N1CCC[C@@H]1c1ccc[nH]1. The maximum absolute atomic E-state index is 12.8. The number of aromatic amines is 1. The topological polar surface area (TPSA) is 85.5 Å². The van der Waals surface area contributed by atoms with E-state index in [9.17, 15) is 14.4 Å². The summed E-state index contributed by atoms with van der Waals surface area (Å²) in [7, 11) is 0. The molecular weight excluding hydrogens is 320 g/mol. The second-order valence-corrected chi connectivity index (χ2v) is 7.33. The maximum Gasteiger partial charge on any atom is 0.325 e. The first-order chi connectivity index (χ1) is 12.1. The van der Waals surface area contributed by atoms with Crippen LogP contribution in [0, 0.1) is 0 Å². The average Bonchev–Trinajstić information content (AvgIpc) is 3.33. The Morgan fingerprint density at radius 1 is 1.20 bits per heavy atom. The van der Waals surface area contributed by atoms with Crippen LogP contribution >= 0.6 is 0 Å². The van der Waals surface area contributed by atoms with Crippen LogP contribution in [0.25, 0.3) is 0 Å². The number of H-pyrrole nitrogens is 1. The van der Waals surface area contributed by atoms with Crippen molar-refractivity contribution in [2.75, 3.05) is 13.1 Å². The highest BCUT2D eigenvalue weighted by Gasteiger charge is 2.52. The lowest BCUT2D eigenvalue weighted by atomic mass is 9.82. The van der Waals surface area contributed by atoms with Crippen LogP contribution in [0.4, 0.5) is 4.79 Å². The minimum atomic E-state index is -0.764. The second kappa shape index (κ2) is 6.20. The Morgan fingerprint density at radius 3 is 2.72 bits per heavy atom. The number of rotatable bonds is 3. The highest BCUT2D eigenvalue weighted by Crippen LogP contribution is 2.35. The minimum absolute atomic E-state index is 0.00640. The summed E-state index contributed by atoms with van der Waals surface area (Å²) in [6.45, 7) is 0.501. The molecule has 3 fully saturated rings. The Balaban J connectivity index is 1.47. The van der Waals surface area contributed by atoms with Crippen LogP contribution in [0.15, 0.2) is 18.3 Å². The van der Waals surface area contributed by atoms with E-state index in [0.717, 1.165) is 42.7 Å². The van der Waals surface area contributed by atoms with Gasteiger partial charge >= 0.3 is 6.03 Å². The Bertz CT molecular complexity index is 679. The standard InChI is InChI=1S/C18H24N4O3/c23-15(21-11-5-7-14(21)13-6-4-10-19-13)12-22-16(24)18(20-17(22)25)8-2-1-3-9-18/h4,6,10,14,19H,1-3,5,7-9,11-12H2,(H,20,25)/t14-/m1/s1. The van der Waals surface area contributed by atoms with Crippen LogP contribution in [0.1, 0.15) is 56.7 Å². The van der Waals surface area contributed by atoms with E-state index in [1.165, 1.54) is 0 Å². The van der Waals surface area contributed by atoms with Crippen LogP contribution < -0.4 is 5.32 Å². The number of urea groups is 1. The van der Waals surface area contributed by atoms with E-state index >= 15 is 0 Å². The number of hydrogen-bond acceptors (Lipinski definition) is 3. The van der Waals surface area contributed by atoms with Crippen molar-refractivity contribution in [3.05, 3.63) is 24.0 Å². The number of nitrogens with zero attached hydrogens (tertiary/aromatic N) is 2. The molecule has 0 bridgehead atoms. The summed E-state index contributed by atoms with van der Waals surface area (Å²) in [5.41, 5.74) is 0.242. The lowest BCUT2D eigenvalue weighted by Crippen LogP contribution is -2.49. The van der Waals surface area contributed by atoms with Gasteiger partial charge < -0.3 is 15.2 Å². The predicted molar refractivity (Wildman–Crippen MR) is 90.5 cm³/mol. The minimum Gasteiger partial charge on any atom is -0.363 e. The molecule has 4 amide bonds. The average molecular weight is 344 g/mol. The predicted octanol–water partition coefficient (Wildman–Crippen LogP) is 1.93. The zero-order valence-corrected chi connectivity index (χ0v) is 14.3. The van der Waals surface area contributed by atoms with Crippen molar-refractivity contribution < 1.29 is 14.4 Å². The Hall–Kier alpha value is -2.31. The highest BCUT2D eigenvalue weighted by atomic mass is 16.2.